The quantitative estimate of drug-likeness (QED) is 0.170. The van der Waals surface area contributed by atoms with Crippen LogP contribution in [0.4, 0.5) is 0 Å². The highest BCUT2D eigenvalue weighted by atomic mass is 32.1. The maximum absolute atomic E-state index is 5.49. The molecule has 0 radical (unpaired) electrons. The molecule has 3 heterocycles. The zero-order valence-electron chi connectivity index (χ0n) is 30.3. The Hall–Kier alpha value is -7.14. The fraction of sp³-hybridized carbons (Fsp3) is 0. The van der Waals surface area contributed by atoms with Crippen molar-refractivity contribution in [2.75, 3.05) is 0 Å². The first-order valence-corrected chi connectivity index (χ1v) is 19.7. The van der Waals surface area contributed by atoms with E-state index in [0.29, 0.717) is 5.82 Å². The normalized spacial score (nSPS) is 11.6. The standard InChI is InChI=1S/C52H33N3S/c1-3-17-34(18-4-1)36-21-7-9-23-38(36)44-33-45(54-52(53-44)41-25-10-8-22-37(41)35-19-5-2-6-20-35)42-28-16-30-47-50(42)43-26-11-13-29-46(43)55(47)48-31-15-27-40-39-24-12-14-32-49(39)56-51(40)48/h1-33H. The Bertz CT molecular complexity index is 3150. The second-order valence-corrected chi connectivity index (χ2v) is 15.1. The first kappa shape index (κ1) is 32.3. The van der Waals surface area contributed by atoms with Gasteiger partial charge in [-0.05, 0) is 52.6 Å². The summed E-state index contributed by atoms with van der Waals surface area (Å²) < 4.78 is 5.03. The number of para-hydroxylation sites is 1. The zero-order valence-corrected chi connectivity index (χ0v) is 31.1. The summed E-state index contributed by atoms with van der Waals surface area (Å²) in [4.78, 5) is 10.9. The van der Waals surface area contributed by atoms with Gasteiger partial charge in [0.25, 0.3) is 0 Å². The topological polar surface area (TPSA) is 30.7 Å². The van der Waals surface area contributed by atoms with Crippen LogP contribution >= 0.6 is 11.3 Å². The molecule has 11 aromatic rings. The number of aromatic nitrogens is 3. The van der Waals surface area contributed by atoms with Gasteiger partial charge in [0.2, 0.25) is 0 Å². The molecule has 4 heteroatoms. The number of nitrogens with zero attached hydrogens (tertiary/aromatic N) is 3. The molecule has 0 aliphatic heterocycles. The minimum Gasteiger partial charge on any atom is -0.308 e. The molecule has 0 unspecified atom stereocenters. The van der Waals surface area contributed by atoms with E-state index in [1.54, 1.807) is 0 Å². The van der Waals surface area contributed by atoms with Crippen LogP contribution in [-0.4, -0.2) is 14.5 Å². The number of hydrogen-bond acceptors (Lipinski definition) is 3. The van der Waals surface area contributed by atoms with Crippen LogP contribution in [0.2, 0.25) is 0 Å². The molecule has 3 aromatic heterocycles. The highest BCUT2D eigenvalue weighted by Crippen LogP contribution is 2.44. The summed E-state index contributed by atoms with van der Waals surface area (Å²) in [7, 11) is 0. The van der Waals surface area contributed by atoms with Crippen LogP contribution in [0, 0.1) is 0 Å². The Morgan fingerprint density at radius 1 is 0.375 bits per heavy atom. The molecule has 0 aliphatic rings. The van der Waals surface area contributed by atoms with Gasteiger partial charge in [0.15, 0.2) is 5.82 Å². The van der Waals surface area contributed by atoms with Crippen molar-refractivity contribution in [1.29, 1.82) is 0 Å². The molecule has 0 amide bonds. The molecule has 0 atom stereocenters. The Kier molecular flexibility index (Phi) is 7.68. The predicted octanol–water partition coefficient (Wildman–Crippen LogP) is 14.3. The van der Waals surface area contributed by atoms with Crippen LogP contribution in [0.25, 0.3) is 104 Å². The Morgan fingerprint density at radius 2 is 0.893 bits per heavy atom. The van der Waals surface area contributed by atoms with E-state index in [1.807, 2.05) is 11.3 Å². The van der Waals surface area contributed by atoms with E-state index in [4.69, 9.17) is 9.97 Å². The van der Waals surface area contributed by atoms with Gasteiger partial charge in [-0.1, -0.05) is 170 Å². The third kappa shape index (κ3) is 5.26. The lowest BCUT2D eigenvalue weighted by Crippen LogP contribution is -1.99. The van der Waals surface area contributed by atoms with E-state index in [1.165, 1.54) is 42.1 Å². The molecule has 0 bridgehead atoms. The molecule has 3 nitrogen and oxygen atoms in total. The fourth-order valence-electron chi connectivity index (χ4n) is 8.37. The van der Waals surface area contributed by atoms with E-state index in [9.17, 15) is 0 Å². The number of thiophene rings is 1. The van der Waals surface area contributed by atoms with Crippen molar-refractivity contribution in [3.8, 4) is 61.8 Å². The first-order chi connectivity index (χ1) is 27.8. The lowest BCUT2D eigenvalue weighted by atomic mass is 9.95. The second-order valence-electron chi connectivity index (χ2n) is 14.1. The van der Waals surface area contributed by atoms with Gasteiger partial charge in [0.1, 0.15) is 0 Å². The fourth-order valence-corrected chi connectivity index (χ4v) is 9.57. The summed E-state index contributed by atoms with van der Waals surface area (Å²) in [5.74, 6) is 0.690. The van der Waals surface area contributed by atoms with Gasteiger partial charge in [-0.15, -0.1) is 11.3 Å². The molecule has 8 aromatic carbocycles. The van der Waals surface area contributed by atoms with Crippen molar-refractivity contribution in [1.82, 2.24) is 14.5 Å². The molecule has 0 saturated carbocycles. The van der Waals surface area contributed by atoms with Crippen molar-refractivity contribution in [3.05, 3.63) is 200 Å². The third-order valence-electron chi connectivity index (χ3n) is 10.9. The van der Waals surface area contributed by atoms with Gasteiger partial charge < -0.3 is 4.57 Å². The van der Waals surface area contributed by atoms with Crippen molar-refractivity contribution in [2.24, 2.45) is 0 Å². The van der Waals surface area contributed by atoms with E-state index >= 15 is 0 Å². The van der Waals surface area contributed by atoms with E-state index in [2.05, 4.69) is 205 Å². The second kappa shape index (κ2) is 13.3. The maximum Gasteiger partial charge on any atom is 0.161 e. The molecule has 0 aliphatic carbocycles. The third-order valence-corrected chi connectivity index (χ3v) is 12.1. The predicted molar refractivity (Wildman–Crippen MR) is 236 cm³/mol. The number of rotatable bonds is 6. The molecule has 11 rings (SSSR count). The minimum absolute atomic E-state index is 0.690. The Morgan fingerprint density at radius 3 is 1.64 bits per heavy atom. The average Bonchev–Trinajstić information content (AvgIpc) is 3.83. The van der Waals surface area contributed by atoms with Gasteiger partial charge in [0, 0.05) is 42.9 Å². The molecule has 56 heavy (non-hydrogen) atoms. The molecule has 262 valence electrons. The van der Waals surface area contributed by atoms with Crippen LogP contribution in [0.15, 0.2) is 200 Å². The Balaban J connectivity index is 1.20. The van der Waals surface area contributed by atoms with Crippen LogP contribution in [-0.2, 0) is 0 Å². The summed E-state index contributed by atoms with van der Waals surface area (Å²) >= 11 is 1.86. The molecule has 0 saturated heterocycles. The van der Waals surface area contributed by atoms with Gasteiger partial charge in [-0.25, -0.2) is 9.97 Å². The van der Waals surface area contributed by atoms with Crippen molar-refractivity contribution in [2.45, 2.75) is 0 Å². The molecule has 0 N–H and O–H groups in total. The van der Waals surface area contributed by atoms with Gasteiger partial charge in [-0.2, -0.15) is 0 Å². The number of benzene rings is 8. The number of fused-ring (bicyclic) bond motifs is 6. The zero-order chi connectivity index (χ0) is 37.0. The summed E-state index contributed by atoms with van der Waals surface area (Å²) in [6.45, 7) is 0. The van der Waals surface area contributed by atoms with Crippen LogP contribution < -0.4 is 0 Å². The maximum atomic E-state index is 5.49. The lowest BCUT2D eigenvalue weighted by Gasteiger charge is -2.15. The number of hydrogen-bond donors (Lipinski definition) is 0. The van der Waals surface area contributed by atoms with Crippen molar-refractivity contribution < 1.29 is 0 Å². The molecule has 0 spiro atoms. The van der Waals surface area contributed by atoms with Crippen LogP contribution in [0.1, 0.15) is 0 Å². The lowest BCUT2D eigenvalue weighted by molar-refractivity contribution is 1.18. The largest absolute Gasteiger partial charge is 0.308 e. The summed E-state index contributed by atoms with van der Waals surface area (Å²) in [6, 6.07) is 71.2. The first-order valence-electron chi connectivity index (χ1n) is 18.9. The highest BCUT2D eigenvalue weighted by Gasteiger charge is 2.22. The average molecular weight is 732 g/mol. The van der Waals surface area contributed by atoms with E-state index in [0.717, 1.165) is 55.8 Å². The monoisotopic (exact) mass is 731 g/mol. The SMILES string of the molecule is c1ccc(-c2ccccc2-c2cc(-c3cccc4c3c3ccccc3n4-c3cccc4c3sc3ccccc34)nc(-c3ccccc3-c3ccccc3)n2)cc1. The minimum atomic E-state index is 0.690. The highest BCUT2D eigenvalue weighted by molar-refractivity contribution is 7.26. The van der Waals surface area contributed by atoms with Crippen LogP contribution in [0.5, 0.6) is 0 Å². The summed E-state index contributed by atoms with van der Waals surface area (Å²) in [5, 5.41) is 4.93. The summed E-state index contributed by atoms with van der Waals surface area (Å²) in [6.07, 6.45) is 0. The smallest absolute Gasteiger partial charge is 0.161 e. The van der Waals surface area contributed by atoms with Gasteiger partial charge in [0.05, 0.1) is 32.8 Å². The summed E-state index contributed by atoms with van der Waals surface area (Å²) in [5.41, 5.74) is 12.9. The van der Waals surface area contributed by atoms with Crippen molar-refractivity contribution in [3.63, 3.8) is 0 Å². The van der Waals surface area contributed by atoms with E-state index < -0.39 is 0 Å². The Labute approximate surface area is 328 Å². The van der Waals surface area contributed by atoms with Gasteiger partial charge in [-0.3, -0.25) is 0 Å². The molecular weight excluding hydrogens is 699 g/mol. The van der Waals surface area contributed by atoms with E-state index in [-0.39, 0.29) is 0 Å². The van der Waals surface area contributed by atoms with Crippen molar-refractivity contribution >= 4 is 53.3 Å². The molecule has 0 fully saturated rings. The van der Waals surface area contributed by atoms with Crippen LogP contribution in [0.3, 0.4) is 0 Å². The molecular formula is C52H33N3S. The van der Waals surface area contributed by atoms with Gasteiger partial charge >= 0.3 is 0 Å².